The number of carbonyl (C=O) groups excluding carboxylic acids is 2. The molecule has 3 aromatic carbocycles. The van der Waals surface area contributed by atoms with Gasteiger partial charge in [0.1, 0.15) is 12.2 Å². The van der Waals surface area contributed by atoms with Gasteiger partial charge in [0.2, 0.25) is 0 Å². The molecule has 6 rings (SSSR count). The normalized spacial score (nSPS) is 27.4. The van der Waals surface area contributed by atoms with Gasteiger partial charge in [-0.3, -0.25) is 0 Å². The van der Waals surface area contributed by atoms with Gasteiger partial charge in [-0.25, -0.2) is 9.59 Å². The first-order chi connectivity index (χ1) is 17.3. The van der Waals surface area contributed by atoms with E-state index in [9.17, 15) is 9.59 Å². The third-order valence-electron chi connectivity index (χ3n) is 8.46. The minimum Gasteiger partial charge on any atom is -0.455 e. The maximum atomic E-state index is 13.3. The van der Waals surface area contributed by atoms with Gasteiger partial charge >= 0.3 is 11.9 Å². The summed E-state index contributed by atoms with van der Waals surface area (Å²) < 4.78 is 12.5. The lowest BCUT2D eigenvalue weighted by atomic mass is 9.76. The molecule has 2 bridgehead atoms. The van der Waals surface area contributed by atoms with Crippen LogP contribution in [0.25, 0.3) is 0 Å². The average Bonchev–Trinajstić information content (AvgIpc) is 3.47. The SMILES string of the molecule is Cc1cc(C)cc(C(=O)O[C@@H]2C3CC(C4c5ccccc5CC43)[C@@H]2OC(=O)c2cc(C)cc(C)c2)c1. The van der Waals surface area contributed by atoms with Crippen LogP contribution in [-0.4, -0.2) is 24.1 Å². The molecule has 0 aromatic heterocycles. The molecular formula is C32H32O4. The molecule has 184 valence electrons. The molecule has 0 aliphatic heterocycles. The molecule has 36 heavy (non-hydrogen) atoms. The lowest BCUT2D eigenvalue weighted by molar-refractivity contribution is -0.0698. The summed E-state index contributed by atoms with van der Waals surface area (Å²) in [7, 11) is 0. The summed E-state index contributed by atoms with van der Waals surface area (Å²) >= 11 is 0. The Bertz CT molecular complexity index is 1330. The lowest BCUT2D eigenvalue weighted by Gasteiger charge is -2.37. The van der Waals surface area contributed by atoms with E-state index in [2.05, 4.69) is 24.3 Å². The van der Waals surface area contributed by atoms with Crippen LogP contribution >= 0.6 is 0 Å². The van der Waals surface area contributed by atoms with Gasteiger partial charge in [0.25, 0.3) is 0 Å². The van der Waals surface area contributed by atoms with E-state index in [0.29, 0.717) is 23.0 Å². The Morgan fingerprint density at radius 2 is 1.17 bits per heavy atom. The second kappa shape index (κ2) is 8.62. The summed E-state index contributed by atoms with van der Waals surface area (Å²) in [6.07, 6.45) is 1.02. The van der Waals surface area contributed by atoms with Gasteiger partial charge in [0, 0.05) is 11.8 Å². The molecule has 0 amide bonds. The van der Waals surface area contributed by atoms with E-state index in [1.54, 1.807) is 0 Å². The topological polar surface area (TPSA) is 52.6 Å². The van der Waals surface area contributed by atoms with Gasteiger partial charge in [-0.2, -0.15) is 0 Å². The van der Waals surface area contributed by atoms with Gasteiger partial charge in [0.05, 0.1) is 11.1 Å². The molecule has 0 radical (unpaired) electrons. The lowest BCUT2D eigenvalue weighted by Crippen LogP contribution is -2.45. The largest absolute Gasteiger partial charge is 0.455 e. The number of rotatable bonds is 4. The summed E-state index contributed by atoms with van der Waals surface area (Å²) in [6.45, 7) is 7.93. The van der Waals surface area contributed by atoms with E-state index < -0.39 is 12.2 Å². The van der Waals surface area contributed by atoms with E-state index in [4.69, 9.17) is 9.47 Å². The number of esters is 2. The fraction of sp³-hybridized carbons (Fsp3) is 0.375. The van der Waals surface area contributed by atoms with Crippen molar-refractivity contribution in [2.24, 2.45) is 17.8 Å². The summed E-state index contributed by atoms with van der Waals surface area (Å²) in [6, 6.07) is 20.2. The van der Waals surface area contributed by atoms with E-state index in [-0.39, 0.29) is 23.8 Å². The van der Waals surface area contributed by atoms with Crippen LogP contribution in [0.15, 0.2) is 60.7 Å². The van der Waals surface area contributed by atoms with Gasteiger partial charge in [-0.1, -0.05) is 58.7 Å². The Hall–Kier alpha value is -3.40. The molecular weight excluding hydrogens is 448 g/mol. The third-order valence-corrected chi connectivity index (χ3v) is 8.46. The maximum absolute atomic E-state index is 13.3. The number of carbonyl (C=O) groups is 2. The number of hydrogen-bond acceptors (Lipinski definition) is 4. The number of benzene rings is 3. The monoisotopic (exact) mass is 480 g/mol. The first kappa shape index (κ1) is 23.0. The molecule has 4 heteroatoms. The van der Waals surface area contributed by atoms with Crippen LogP contribution in [0.4, 0.5) is 0 Å². The first-order valence-corrected chi connectivity index (χ1v) is 12.9. The molecule has 0 heterocycles. The average molecular weight is 481 g/mol. The van der Waals surface area contributed by atoms with Crippen LogP contribution in [0, 0.1) is 45.4 Å². The van der Waals surface area contributed by atoms with Crippen molar-refractivity contribution < 1.29 is 19.1 Å². The smallest absolute Gasteiger partial charge is 0.338 e. The van der Waals surface area contributed by atoms with Crippen LogP contribution in [0.3, 0.4) is 0 Å². The summed E-state index contributed by atoms with van der Waals surface area (Å²) in [5.74, 6) is 0.420. The second-order valence-corrected chi connectivity index (χ2v) is 11.1. The minimum absolute atomic E-state index is 0.149. The summed E-state index contributed by atoms with van der Waals surface area (Å²) in [5, 5.41) is 0. The molecule has 0 N–H and O–H groups in total. The zero-order valence-corrected chi connectivity index (χ0v) is 21.3. The number of hydrogen-bond donors (Lipinski definition) is 0. The molecule has 0 saturated heterocycles. The fourth-order valence-corrected chi connectivity index (χ4v) is 7.34. The quantitative estimate of drug-likeness (QED) is 0.413. The predicted octanol–water partition coefficient (Wildman–Crippen LogP) is 6.28. The number of fused-ring (bicyclic) bond motifs is 7. The summed E-state index contributed by atoms with van der Waals surface area (Å²) in [5.41, 5.74) is 7.97. The summed E-state index contributed by atoms with van der Waals surface area (Å²) in [4.78, 5) is 26.7. The van der Waals surface area contributed by atoms with Crippen LogP contribution in [0.2, 0.25) is 0 Å². The Morgan fingerprint density at radius 1 is 0.667 bits per heavy atom. The van der Waals surface area contributed by atoms with E-state index in [1.807, 2.05) is 64.1 Å². The Balaban J connectivity index is 1.32. The Morgan fingerprint density at radius 3 is 1.72 bits per heavy atom. The number of ether oxygens (including phenoxy) is 2. The van der Waals surface area contributed by atoms with Gasteiger partial charge in [-0.05, 0) is 87.8 Å². The predicted molar refractivity (Wildman–Crippen MR) is 138 cm³/mol. The van der Waals surface area contributed by atoms with Crippen molar-refractivity contribution in [3.63, 3.8) is 0 Å². The highest BCUT2D eigenvalue weighted by molar-refractivity contribution is 5.91. The molecule has 2 fully saturated rings. The molecule has 3 aliphatic carbocycles. The van der Waals surface area contributed by atoms with Crippen molar-refractivity contribution in [2.45, 2.75) is 58.7 Å². The molecule has 3 aliphatic rings. The third kappa shape index (κ3) is 3.84. The van der Waals surface area contributed by atoms with E-state index in [0.717, 1.165) is 35.1 Å². The zero-order valence-electron chi connectivity index (χ0n) is 21.3. The second-order valence-electron chi connectivity index (χ2n) is 11.1. The maximum Gasteiger partial charge on any atom is 0.338 e. The minimum atomic E-state index is -0.453. The van der Waals surface area contributed by atoms with Gasteiger partial charge < -0.3 is 9.47 Å². The van der Waals surface area contributed by atoms with Crippen molar-refractivity contribution in [2.75, 3.05) is 0 Å². The molecule has 2 saturated carbocycles. The molecule has 6 atom stereocenters. The first-order valence-electron chi connectivity index (χ1n) is 12.9. The standard InChI is InChI=1S/C32H32O4/c1-17-9-18(2)12-22(11-17)31(33)35-29-26-16-27(28-24-8-6-5-7-21(24)15-25(26)28)30(29)36-32(34)23-13-19(3)10-20(4)14-23/h5-14,25-30H,15-16H2,1-4H3/t25?,26?,27?,28?,29-,30+/m1/s1. The van der Waals surface area contributed by atoms with E-state index >= 15 is 0 Å². The highest BCUT2D eigenvalue weighted by Gasteiger charge is 2.63. The van der Waals surface area contributed by atoms with Gasteiger partial charge in [0.15, 0.2) is 0 Å². The van der Waals surface area contributed by atoms with Crippen molar-refractivity contribution in [3.05, 3.63) is 105 Å². The van der Waals surface area contributed by atoms with Crippen LogP contribution in [0.1, 0.15) is 66.4 Å². The Labute approximate surface area is 212 Å². The van der Waals surface area contributed by atoms with E-state index in [1.165, 1.54) is 11.1 Å². The highest BCUT2D eigenvalue weighted by Crippen LogP contribution is 2.62. The molecule has 3 aromatic rings. The van der Waals surface area contributed by atoms with Crippen molar-refractivity contribution in [1.29, 1.82) is 0 Å². The van der Waals surface area contributed by atoms with Crippen LogP contribution in [-0.2, 0) is 15.9 Å². The van der Waals surface area contributed by atoms with Crippen molar-refractivity contribution in [3.8, 4) is 0 Å². The van der Waals surface area contributed by atoms with Gasteiger partial charge in [-0.15, -0.1) is 0 Å². The fourth-order valence-electron chi connectivity index (χ4n) is 7.34. The van der Waals surface area contributed by atoms with Crippen molar-refractivity contribution >= 4 is 11.9 Å². The zero-order chi connectivity index (χ0) is 25.1. The van der Waals surface area contributed by atoms with Crippen LogP contribution in [0.5, 0.6) is 0 Å². The molecule has 4 nitrogen and oxygen atoms in total. The number of aryl methyl sites for hydroxylation is 4. The molecule has 4 unspecified atom stereocenters. The highest BCUT2D eigenvalue weighted by atomic mass is 16.6. The molecule has 0 spiro atoms. The van der Waals surface area contributed by atoms with Crippen molar-refractivity contribution in [1.82, 2.24) is 0 Å². The van der Waals surface area contributed by atoms with Crippen LogP contribution < -0.4 is 0 Å². The Kier molecular flexibility index (Phi) is 5.51.